The number of carbonyl (C=O) groups excluding carboxylic acids is 1. The zero-order valence-corrected chi connectivity index (χ0v) is 23.5. The van der Waals surface area contributed by atoms with Crippen molar-refractivity contribution in [2.75, 3.05) is 19.6 Å². The van der Waals surface area contributed by atoms with E-state index in [2.05, 4.69) is 33.0 Å². The maximum atomic E-state index is 13.7. The number of aryl methyl sites for hydroxylation is 2. The van der Waals surface area contributed by atoms with Crippen molar-refractivity contribution in [3.63, 3.8) is 0 Å². The molecule has 1 saturated heterocycles. The Labute approximate surface area is 231 Å². The van der Waals surface area contributed by atoms with Gasteiger partial charge in [-0.05, 0) is 93.1 Å². The minimum absolute atomic E-state index is 0.0420. The van der Waals surface area contributed by atoms with Gasteiger partial charge in [0.25, 0.3) is 0 Å². The molecular weight excluding hydrogens is 508 g/mol. The Morgan fingerprint density at radius 2 is 1.77 bits per heavy atom. The maximum Gasteiger partial charge on any atom is 0.243 e. The summed E-state index contributed by atoms with van der Waals surface area (Å²) in [5.41, 5.74) is 5.76. The van der Waals surface area contributed by atoms with Crippen LogP contribution >= 0.6 is 0 Å². The molecule has 1 aromatic heterocycles. The number of carbonyl (C=O) groups is 1. The minimum Gasteiger partial charge on any atom is -0.349 e. The second-order valence-corrected chi connectivity index (χ2v) is 13.2. The van der Waals surface area contributed by atoms with Crippen LogP contribution in [0.4, 0.5) is 0 Å². The van der Waals surface area contributed by atoms with Crippen molar-refractivity contribution in [3.8, 4) is 0 Å². The summed E-state index contributed by atoms with van der Waals surface area (Å²) < 4.78 is 31.0. The Kier molecular flexibility index (Phi) is 7.35. The van der Waals surface area contributed by atoms with E-state index in [4.69, 9.17) is 0 Å². The number of sulfonamides is 1. The summed E-state index contributed by atoms with van der Waals surface area (Å²) in [7, 11) is -3.75. The normalized spacial score (nSPS) is 21.9. The first-order valence-electron chi connectivity index (χ1n) is 14.3. The van der Waals surface area contributed by atoms with Crippen LogP contribution in [0.2, 0.25) is 0 Å². The van der Waals surface area contributed by atoms with Gasteiger partial charge in [-0.15, -0.1) is 0 Å². The number of nitrogens with one attached hydrogen (secondary N) is 1. The van der Waals surface area contributed by atoms with Gasteiger partial charge in [-0.25, -0.2) is 8.42 Å². The van der Waals surface area contributed by atoms with Gasteiger partial charge < -0.3 is 9.88 Å². The van der Waals surface area contributed by atoms with Crippen molar-refractivity contribution in [2.24, 2.45) is 0 Å². The van der Waals surface area contributed by atoms with Crippen LogP contribution in [0, 0.1) is 6.92 Å². The first kappa shape index (κ1) is 26.3. The molecule has 8 heteroatoms. The largest absolute Gasteiger partial charge is 0.349 e. The van der Waals surface area contributed by atoms with E-state index in [1.165, 1.54) is 46.9 Å². The summed E-state index contributed by atoms with van der Waals surface area (Å²) in [5.74, 6) is -0.113. The summed E-state index contributed by atoms with van der Waals surface area (Å²) in [6.07, 6.45) is 7.60. The summed E-state index contributed by atoms with van der Waals surface area (Å²) in [5, 5.41) is 3.28. The van der Waals surface area contributed by atoms with Gasteiger partial charge in [-0.1, -0.05) is 35.9 Å². The van der Waals surface area contributed by atoms with Crippen LogP contribution in [0.15, 0.2) is 65.7 Å². The maximum absolute atomic E-state index is 13.7. The Morgan fingerprint density at radius 1 is 0.974 bits per heavy atom. The zero-order valence-electron chi connectivity index (χ0n) is 22.7. The van der Waals surface area contributed by atoms with Gasteiger partial charge in [0.15, 0.2) is 0 Å². The molecule has 0 saturated carbocycles. The van der Waals surface area contributed by atoms with E-state index in [0.717, 1.165) is 37.1 Å². The van der Waals surface area contributed by atoms with Crippen LogP contribution in [0.1, 0.15) is 72.1 Å². The molecule has 7 nitrogen and oxygen atoms in total. The predicted octanol–water partition coefficient (Wildman–Crippen LogP) is 4.72. The molecule has 206 valence electrons. The molecule has 6 rings (SSSR count). The molecule has 2 atom stereocenters. The number of fused-ring (bicyclic) bond motifs is 2. The molecule has 39 heavy (non-hydrogen) atoms. The van der Waals surface area contributed by atoms with Crippen molar-refractivity contribution >= 4 is 15.9 Å². The summed E-state index contributed by atoms with van der Waals surface area (Å²) >= 11 is 0. The molecule has 2 unspecified atom stereocenters. The third-order valence-corrected chi connectivity index (χ3v) is 10.5. The standard InChI is InChI=1S/C31H38N4O3S/c1-23-9-12-26(13-10-23)39(37,38)35-19-18-34-17-5-8-29(34)30(35)21-31(36)32-28-7-4-6-25-20-24(11-14-27(25)28)22-33-15-2-3-16-33/h5,8-14,17,20,28,30H,2-4,6-7,15-16,18-19,21-22H2,1H3,(H,32,36). The molecule has 3 aromatic rings. The molecule has 1 aliphatic carbocycles. The van der Waals surface area contributed by atoms with Crippen molar-refractivity contribution in [1.82, 2.24) is 19.1 Å². The van der Waals surface area contributed by atoms with Crippen LogP contribution in [0.3, 0.4) is 0 Å². The highest BCUT2D eigenvalue weighted by Gasteiger charge is 2.38. The number of hydrogen-bond acceptors (Lipinski definition) is 4. The highest BCUT2D eigenvalue weighted by molar-refractivity contribution is 7.89. The van der Waals surface area contributed by atoms with Crippen LogP contribution in [0.25, 0.3) is 0 Å². The van der Waals surface area contributed by atoms with Crippen molar-refractivity contribution in [2.45, 2.75) is 75.5 Å². The van der Waals surface area contributed by atoms with E-state index in [0.29, 0.717) is 13.1 Å². The second-order valence-electron chi connectivity index (χ2n) is 11.3. The first-order valence-corrected chi connectivity index (χ1v) is 15.7. The molecule has 0 bridgehead atoms. The zero-order chi connectivity index (χ0) is 27.0. The fraction of sp³-hybridized carbons (Fsp3) is 0.452. The Balaban J connectivity index is 1.20. The van der Waals surface area contributed by atoms with Gasteiger partial charge in [-0.2, -0.15) is 4.31 Å². The lowest BCUT2D eigenvalue weighted by atomic mass is 9.86. The fourth-order valence-corrected chi connectivity index (χ4v) is 8.12. The average Bonchev–Trinajstić information content (AvgIpc) is 3.61. The van der Waals surface area contributed by atoms with E-state index in [1.807, 2.05) is 37.4 Å². The lowest BCUT2D eigenvalue weighted by Crippen LogP contribution is -2.44. The number of rotatable bonds is 7. The molecule has 0 spiro atoms. The second kappa shape index (κ2) is 10.9. The molecule has 2 aliphatic heterocycles. The molecule has 2 aromatic carbocycles. The van der Waals surface area contributed by atoms with E-state index in [-0.39, 0.29) is 23.3 Å². The summed E-state index contributed by atoms with van der Waals surface area (Å²) in [6, 6.07) is 17.0. The Hall–Kier alpha value is -2.94. The van der Waals surface area contributed by atoms with Crippen LogP contribution < -0.4 is 5.32 Å². The molecule has 3 heterocycles. The Morgan fingerprint density at radius 3 is 2.56 bits per heavy atom. The van der Waals surface area contributed by atoms with Crippen molar-refractivity contribution < 1.29 is 13.2 Å². The number of aromatic nitrogens is 1. The van der Waals surface area contributed by atoms with E-state index >= 15 is 0 Å². The van der Waals surface area contributed by atoms with Gasteiger partial charge in [-0.3, -0.25) is 9.69 Å². The lowest BCUT2D eigenvalue weighted by Gasteiger charge is -2.36. The van der Waals surface area contributed by atoms with Crippen molar-refractivity contribution in [1.29, 1.82) is 0 Å². The van der Waals surface area contributed by atoms with E-state index in [9.17, 15) is 13.2 Å². The van der Waals surface area contributed by atoms with Crippen molar-refractivity contribution in [3.05, 3.63) is 88.7 Å². The van der Waals surface area contributed by atoms with E-state index in [1.54, 1.807) is 12.1 Å². The minimum atomic E-state index is -3.75. The summed E-state index contributed by atoms with van der Waals surface area (Å²) in [4.78, 5) is 16.3. The summed E-state index contributed by atoms with van der Waals surface area (Å²) in [6.45, 7) is 6.20. The smallest absolute Gasteiger partial charge is 0.243 e. The topological polar surface area (TPSA) is 74.6 Å². The molecule has 3 aliphatic rings. The number of nitrogens with zero attached hydrogens (tertiary/aromatic N) is 3. The van der Waals surface area contributed by atoms with Gasteiger partial charge in [0.1, 0.15) is 0 Å². The van der Waals surface area contributed by atoms with Crippen LogP contribution in [0.5, 0.6) is 0 Å². The monoisotopic (exact) mass is 546 g/mol. The number of amides is 1. The third-order valence-electron chi connectivity index (χ3n) is 8.58. The molecule has 1 amide bonds. The van der Waals surface area contributed by atoms with Gasteiger partial charge in [0, 0.05) is 37.9 Å². The SMILES string of the molecule is Cc1ccc(S(=O)(=O)N2CCn3cccc3C2CC(=O)NC2CCCc3cc(CN4CCCC4)ccc32)cc1. The highest BCUT2D eigenvalue weighted by atomic mass is 32.2. The molecular formula is C31H38N4O3S. The van der Waals surface area contributed by atoms with Gasteiger partial charge in [0.05, 0.1) is 17.0 Å². The first-order chi connectivity index (χ1) is 18.9. The molecule has 1 fully saturated rings. The average molecular weight is 547 g/mol. The van der Waals surface area contributed by atoms with Crippen LogP contribution in [-0.2, 0) is 34.3 Å². The Bertz CT molecular complexity index is 1440. The highest BCUT2D eigenvalue weighted by Crippen LogP contribution is 2.35. The predicted molar refractivity (Wildman–Crippen MR) is 152 cm³/mol. The van der Waals surface area contributed by atoms with Gasteiger partial charge >= 0.3 is 0 Å². The van der Waals surface area contributed by atoms with E-state index < -0.39 is 16.1 Å². The number of benzene rings is 2. The molecule has 1 N–H and O–H groups in total. The lowest BCUT2D eigenvalue weighted by molar-refractivity contribution is -0.123. The quantitative estimate of drug-likeness (QED) is 0.465. The van der Waals surface area contributed by atoms with Gasteiger partial charge in [0.2, 0.25) is 15.9 Å². The third kappa shape index (κ3) is 5.42. The number of hydrogen-bond donors (Lipinski definition) is 1. The molecule has 0 radical (unpaired) electrons. The van der Waals surface area contributed by atoms with Crippen LogP contribution in [-0.4, -0.2) is 47.7 Å². The fourth-order valence-electron chi connectivity index (χ4n) is 6.53. The number of likely N-dealkylation sites (tertiary alicyclic amines) is 1.